The molecule has 0 aliphatic carbocycles. The highest BCUT2D eigenvalue weighted by molar-refractivity contribution is 5.49. The molecular weight excluding hydrogens is 284 g/mol. The monoisotopic (exact) mass is 306 g/mol. The third kappa shape index (κ3) is 4.13. The van der Waals surface area contributed by atoms with Crippen molar-refractivity contribution in [2.75, 3.05) is 24.3 Å². The molecule has 0 radical (unpaired) electrons. The Labute approximate surface area is 137 Å². The molecule has 0 fully saturated rings. The number of hydrogen-bond acceptors (Lipinski definition) is 3. The molecule has 0 bridgehead atoms. The quantitative estimate of drug-likeness (QED) is 0.755. The number of nitrogens with one attached hydrogen (secondary N) is 1. The van der Waals surface area contributed by atoms with Gasteiger partial charge in [-0.05, 0) is 35.4 Å². The van der Waals surface area contributed by atoms with E-state index in [9.17, 15) is 0 Å². The number of benzene rings is 2. The first-order valence-electron chi connectivity index (χ1n) is 7.75. The van der Waals surface area contributed by atoms with Crippen molar-refractivity contribution in [2.45, 2.75) is 13.1 Å². The molecule has 4 heteroatoms. The lowest BCUT2D eigenvalue weighted by molar-refractivity contribution is 0.797. The first kappa shape index (κ1) is 15.2. The minimum atomic E-state index is 0.822. The van der Waals surface area contributed by atoms with E-state index in [1.165, 1.54) is 16.8 Å². The van der Waals surface area contributed by atoms with E-state index in [4.69, 9.17) is 0 Å². The smallest absolute Gasteiger partial charge is 0.0949 e. The predicted octanol–water partition coefficient (Wildman–Crippen LogP) is 3.61. The number of hydrogen-bond donors (Lipinski definition) is 1. The van der Waals surface area contributed by atoms with E-state index in [1.54, 1.807) is 6.20 Å². The van der Waals surface area contributed by atoms with Crippen LogP contribution in [0.5, 0.6) is 0 Å². The summed E-state index contributed by atoms with van der Waals surface area (Å²) in [6, 6.07) is 17.1. The molecule has 1 N–H and O–H groups in total. The Morgan fingerprint density at radius 1 is 1.04 bits per heavy atom. The van der Waals surface area contributed by atoms with Crippen LogP contribution in [0.3, 0.4) is 0 Å². The third-order valence-electron chi connectivity index (χ3n) is 3.80. The second-order valence-electron chi connectivity index (χ2n) is 5.85. The number of anilines is 2. The molecule has 0 amide bonds. The zero-order valence-corrected chi connectivity index (χ0v) is 13.6. The molecule has 0 aliphatic heterocycles. The molecular formula is C19H22N4. The van der Waals surface area contributed by atoms with Crippen molar-refractivity contribution in [1.29, 1.82) is 0 Å². The molecule has 1 aromatic heterocycles. The zero-order valence-electron chi connectivity index (χ0n) is 13.6. The molecule has 23 heavy (non-hydrogen) atoms. The molecule has 0 atom stereocenters. The van der Waals surface area contributed by atoms with Crippen molar-refractivity contribution in [3.05, 3.63) is 78.4 Å². The van der Waals surface area contributed by atoms with Gasteiger partial charge in [-0.1, -0.05) is 24.3 Å². The van der Waals surface area contributed by atoms with Gasteiger partial charge >= 0.3 is 0 Å². The maximum Gasteiger partial charge on any atom is 0.0949 e. The van der Waals surface area contributed by atoms with Crippen molar-refractivity contribution >= 4 is 11.4 Å². The van der Waals surface area contributed by atoms with Gasteiger partial charge < -0.3 is 14.8 Å². The second-order valence-corrected chi connectivity index (χ2v) is 5.85. The highest BCUT2D eigenvalue weighted by atomic mass is 15.1. The zero-order chi connectivity index (χ0) is 16.1. The van der Waals surface area contributed by atoms with Crippen molar-refractivity contribution in [1.82, 2.24) is 9.55 Å². The Morgan fingerprint density at radius 2 is 1.87 bits per heavy atom. The Kier molecular flexibility index (Phi) is 4.62. The van der Waals surface area contributed by atoms with Gasteiger partial charge in [-0.3, -0.25) is 0 Å². The Morgan fingerprint density at radius 3 is 2.57 bits per heavy atom. The number of aromatic nitrogens is 2. The third-order valence-corrected chi connectivity index (χ3v) is 3.80. The largest absolute Gasteiger partial charge is 0.381 e. The Hall–Kier alpha value is -2.75. The van der Waals surface area contributed by atoms with Crippen LogP contribution in [-0.2, 0) is 13.1 Å². The van der Waals surface area contributed by atoms with Gasteiger partial charge in [0.25, 0.3) is 0 Å². The van der Waals surface area contributed by atoms with Gasteiger partial charge in [0.1, 0.15) is 0 Å². The number of imidazole rings is 1. The summed E-state index contributed by atoms with van der Waals surface area (Å²) in [4.78, 5) is 6.19. The average Bonchev–Trinajstić information content (AvgIpc) is 3.07. The van der Waals surface area contributed by atoms with Crippen LogP contribution >= 0.6 is 0 Å². The molecule has 0 saturated heterocycles. The molecule has 3 rings (SSSR count). The summed E-state index contributed by atoms with van der Waals surface area (Å²) in [7, 11) is 4.11. The van der Waals surface area contributed by atoms with Gasteiger partial charge in [-0.15, -0.1) is 0 Å². The van der Waals surface area contributed by atoms with Crippen LogP contribution in [0.1, 0.15) is 11.1 Å². The summed E-state index contributed by atoms with van der Waals surface area (Å²) >= 11 is 0. The maximum absolute atomic E-state index is 4.08. The fraction of sp³-hybridized carbons (Fsp3) is 0.211. The van der Waals surface area contributed by atoms with Crippen LogP contribution in [0.15, 0.2) is 67.3 Å². The standard InChI is InChI=1S/C19H22N4/c1-22(2)19-8-6-16(7-9-19)13-21-18-5-3-4-17(12-18)14-23-11-10-20-15-23/h3-12,15,21H,13-14H2,1-2H3. The van der Waals surface area contributed by atoms with E-state index < -0.39 is 0 Å². The second kappa shape index (κ2) is 7.01. The molecule has 4 nitrogen and oxygen atoms in total. The van der Waals surface area contributed by atoms with Crippen LogP contribution in [0, 0.1) is 0 Å². The SMILES string of the molecule is CN(C)c1ccc(CNc2cccc(Cn3ccnc3)c2)cc1. The van der Waals surface area contributed by atoms with E-state index in [0.717, 1.165) is 18.8 Å². The summed E-state index contributed by atoms with van der Waals surface area (Å²) in [5, 5.41) is 3.49. The maximum atomic E-state index is 4.08. The fourth-order valence-corrected chi connectivity index (χ4v) is 2.49. The summed E-state index contributed by atoms with van der Waals surface area (Å²) in [6.07, 6.45) is 5.62. The van der Waals surface area contributed by atoms with Gasteiger partial charge in [-0.2, -0.15) is 0 Å². The molecule has 2 aromatic carbocycles. The molecule has 0 saturated carbocycles. The van der Waals surface area contributed by atoms with Crippen LogP contribution in [-0.4, -0.2) is 23.6 Å². The first-order valence-corrected chi connectivity index (χ1v) is 7.75. The van der Waals surface area contributed by atoms with E-state index in [-0.39, 0.29) is 0 Å². The van der Waals surface area contributed by atoms with Crippen LogP contribution < -0.4 is 10.2 Å². The normalized spacial score (nSPS) is 10.5. The summed E-state index contributed by atoms with van der Waals surface area (Å²) in [5.41, 5.74) is 4.89. The predicted molar refractivity (Wildman–Crippen MR) is 95.9 cm³/mol. The summed E-state index contributed by atoms with van der Waals surface area (Å²) in [6.45, 7) is 1.66. The highest BCUT2D eigenvalue weighted by Crippen LogP contribution is 2.15. The van der Waals surface area contributed by atoms with Crippen LogP contribution in [0.25, 0.3) is 0 Å². The van der Waals surface area contributed by atoms with Crippen molar-refractivity contribution in [2.24, 2.45) is 0 Å². The topological polar surface area (TPSA) is 33.1 Å². The van der Waals surface area contributed by atoms with E-state index >= 15 is 0 Å². The lowest BCUT2D eigenvalue weighted by Crippen LogP contribution is -2.08. The lowest BCUT2D eigenvalue weighted by Gasteiger charge is -2.13. The fourth-order valence-electron chi connectivity index (χ4n) is 2.49. The van der Waals surface area contributed by atoms with Crippen molar-refractivity contribution in [3.63, 3.8) is 0 Å². The molecule has 0 spiro atoms. The summed E-state index contributed by atoms with van der Waals surface area (Å²) < 4.78 is 2.07. The number of rotatable bonds is 6. The van der Waals surface area contributed by atoms with Gasteiger partial charge in [0, 0.05) is 51.0 Å². The molecule has 0 aliphatic rings. The number of nitrogens with zero attached hydrogens (tertiary/aromatic N) is 3. The molecule has 118 valence electrons. The summed E-state index contributed by atoms with van der Waals surface area (Å²) in [5.74, 6) is 0. The average molecular weight is 306 g/mol. The molecule has 3 aromatic rings. The highest BCUT2D eigenvalue weighted by Gasteiger charge is 1.99. The Balaban J connectivity index is 1.61. The van der Waals surface area contributed by atoms with Crippen LogP contribution in [0.4, 0.5) is 11.4 Å². The lowest BCUT2D eigenvalue weighted by atomic mass is 10.1. The van der Waals surface area contributed by atoms with Crippen molar-refractivity contribution in [3.8, 4) is 0 Å². The molecule has 0 unspecified atom stereocenters. The minimum Gasteiger partial charge on any atom is -0.381 e. The van der Waals surface area contributed by atoms with Gasteiger partial charge in [0.05, 0.1) is 6.33 Å². The minimum absolute atomic E-state index is 0.822. The van der Waals surface area contributed by atoms with E-state index in [2.05, 4.69) is 82.4 Å². The van der Waals surface area contributed by atoms with Crippen molar-refractivity contribution < 1.29 is 0 Å². The van der Waals surface area contributed by atoms with Gasteiger partial charge in [0.15, 0.2) is 0 Å². The van der Waals surface area contributed by atoms with Gasteiger partial charge in [0.2, 0.25) is 0 Å². The van der Waals surface area contributed by atoms with Gasteiger partial charge in [-0.25, -0.2) is 4.98 Å². The Bertz CT molecular complexity index is 730. The molecule has 1 heterocycles. The van der Waals surface area contributed by atoms with E-state index in [1.807, 2.05) is 12.5 Å². The first-order chi connectivity index (χ1) is 11.2. The van der Waals surface area contributed by atoms with Crippen LogP contribution in [0.2, 0.25) is 0 Å². The van der Waals surface area contributed by atoms with E-state index in [0.29, 0.717) is 0 Å².